The van der Waals surface area contributed by atoms with E-state index in [1.54, 1.807) is 0 Å². The number of ketones is 1. The minimum atomic E-state index is 0.112. The number of carbonyl (C=O) groups is 1. The molecular formula is C23H36O2. The summed E-state index contributed by atoms with van der Waals surface area (Å²) < 4.78 is 5.85. The van der Waals surface area contributed by atoms with E-state index in [9.17, 15) is 4.79 Å². The third-order valence-corrected chi connectivity index (χ3v) is 5.49. The molecule has 140 valence electrons. The smallest absolute Gasteiger partial charge is 0.140 e. The first-order chi connectivity index (χ1) is 12.2. The first-order valence-corrected chi connectivity index (χ1v) is 10.5. The lowest BCUT2D eigenvalue weighted by Crippen LogP contribution is -2.23. The Hall–Kier alpha value is -1.31. The topological polar surface area (TPSA) is 26.3 Å². The summed E-state index contributed by atoms with van der Waals surface area (Å²) in [5.74, 6) is 2.10. The van der Waals surface area contributed by atoms with Gasteiger partial charge in [-0.3, -0.25) is 4.79 Å². The molecular weight excluding hydrogens is 308 g/mol. The molecule has 0 radical (unpaired) electrons. The molecule has 0 bridgehead atoms. The summed E-state index contributed by atoms with van der Waals surface area (Å²) in [6, 6.07) is 8.27. The number of benzene rings is 1. The molecule has 0 aromatic heterocycles. The van der Waals surface area contributed by atoms with Gasteiger partial charge in [0.2, 0.25) is 0 Å². The van der Waals surface area contributed by atoms with E-state index in [2.05, 4.69) is 26.0 Å². The lowest BCUT2D eigenvalue weighted by molar-refractivity contribution is -0.123. The van der Waals surface area contributed by atoms with Gasteiger partial charge in [-0.25, -0.2) is 0 Å². The Morgan fingerprint density at radius 2 is 1.64 bits per heavy atom. The number of hydrogen-bond acceptors (Lipinski definition) is 2. The van der Waals surface area contributed by atoms with Crippen LogP contribution >= 0.6 is 0 Å². The van der Waals surface area contributed by atoms with Crippen LogP contribution < -0.4 is 4.74 Å². The van der Waals surface area contributed by atoms with Crippen molar-refractivity contribution in [1.82, 2.24) is 0 Å². The molecule has 2 nitrogen and oxygen atoms in total. The molecule has 2 atom stereocenters. The zero-order valence-electron chi connectivity index (χ0n) is 16.3. The number of ether oxygens (including phenoxy) is 1. The molecule has 0 unspecified atom stereocenters. The molecule has 2 heteroatoms. The van der Waals surface area contributed by atoms with Crippen molar-refractivity contribution >= 4 is 5.78 Å². The van der Waals surface area contributed by atoms with Gasteiger partial charge in [-0.1, -0.05) is 70.9 Å². The van der Waals surface area contributed by atoms with Gasteiger partial charge in [-0.05, 0) is 42.9 Å². The van der Waals surface area contributed by atoms with Gasteiger partial charge >= 0.3 is 0 Å². The van der Waals surface area contributed by atoms with Crippen molar-refractivity contribution in [2.45, 2.75) is 90.4 Å². The highest BCUT2D eigenvalue weighted by molar-refractivity contribution is 5.86. The number of hydrogen-bond donors (Lipinski definition) is 0. The maximum Gasteiger partial charge on any atom is 0.140 e. The lowest BCUT2D eigenvalue weighted by Gasteiger charge is -2.27. The molecule has 1 aliphatic carbocycles. The molecule has 1 aliphatic rings. The van der Waals surface area contributed by atoms with Crippen molar-refractivity contribution in [3.8, 4) is 5.75 Å². The zero-order chi connectivity index (χ0) is 17.9. The van der Waals surface area contributed by atoms with E-state index >= 15 is 0 Å². The van der Waals surface area contributed by atoms with Crippen LogP contribution in [0.5, 0.6) is 5.75 Å². The summed E-state index contributed by atoms with van der Waals surface area (Å²) in [6.45, 7) is 5.25. The van der Waals surface area contributed by atoms with Gasteiger partial charge < -0.3 is 4.74 Å². The van der Waals surface area contributed by atoms with Crippen molar-refractivity contribution < 1.29 is 9.53 Å². The van der Waals surface area contributed by atoms with Crippen molar-refractivity contribution in [2.75, 3.05) is 6.61 Å². The van der Waals surface area contributed by atoms with E-state index in [0.29, 0.717) is 11.7 Å². The minimum Gasteiger partial charge on any atom is -0.494 e. The maximum absolute atomic E-state index is 12.5. The first kappa shape index (κ1) is 20.0. The highest BCUT2D eigenvalue weighted by atomic mass is 16.5. The fourth-order valence-electron chi connectivity index (χ4n) is 3.97. The Balaban J connectivity index is 1.72. The highest BCUT2D eigenvalue weighted by Crippen LogP contribution is 2.35. The Labute approximate surface area is 154 Å². The van der Waals surface area contributed by atoms with Gasteiger partial charge in [-0.15, -0.1) is 0 Å². The largest absolute Gasteiger partial charge is 0.494 e. The Morgan fingerprint density at radius 3 is 2.32 bits per heavy atom. The summed E-state index contributed by atoms with van der Waals surface area (Å²) in [5, 5.41) is 0. The van der Waals surface area contributed by atoms with E-state index in [1.807, 2.05) is 12.1 Å². The lowest BCUT2D eigenvalue weighted by atomic mass is 9.76. The van der Waals surface area contributed by atoms with Crippen LogP contribution in [0, 0.1) is 5.92 Å². The summed E-state index contributed by atoms with van der Waals surface area (Å²) in [5.41, 5.74) is 1.17. The second kappa shape index (κ2) is 11.3. The molecule has 0 saturated heterocycles. The van der Waals surface area contributed by atoms with Crippen LogP contribution in [0.4, 0.5) is 0 Å². The standard InChI is InChI=1S/C23H36O2/c1-3-5-6-7-8-9-17-25-21-14-12-20(13-15-21)22-16-11-19(10-4-2)18-23(22)24/h12-15,19,22H,3-11,16-18H2,1-2H3/t19-,22+/m1/s1. The average Bonchev–Trinajstić information content (AvgIpc) is 2.62. The average molecular weight is 345 g/mol. The predicted octanol–water partition coefficient (Wildman–Crippen LogP) is 6.68. The molecule has 0 amide bonds. The number of carbonyl (C=O) groups excluding carboxylic acids is 1. The Bertz CT molecular complexity index is 491. The van der Waals surface area contributed by atoms with Crippen LogP contribution in [0.1, 0.15) is 96.0 Å². The van der Waals surface area contributed by atoms with E-state index < -0.39 is 0 Å². The number of unbranched alkanes of at least 4 members (excludes halogenated alkanes) is 5. The van der Waals surface area contributed by atoms with Gasteiger partial charge in [-0.2, -0.15) is 0 Å². The SMILES string of the molecule is CCCCCCCCOc1ccc([C@@H]2CC[C@@H](CCC)CC2=O)cc1. The van der Waals surface area contributed by atoms with Gasteiger partial charge in [0.1, 0.15) is 11.5 Å². The molecule has 1 saturated carbocycles. The highest BCUT2D eigenvalue weighted by Gasteiger charge is 2.29. The van der Waals surface area contributed by atoms with Crippen LogP contribution in [0.3, 0.4) is 0 Å². The first-order valence-electron chi connectivity index (χ1n) is 10.5. The Morgan fingerprint density at radius 1 is 0.920 bits per heavy atom. The van der Waals surface area contributed by atoms with Crippen LogP contribution in [-0.2, 0) is 4.79 Å². The fourth-order valence-corrected chi connectivity index (χ4v) is 3.97. The van der Waals surface area contributed by atoms with E-state index in [0.717, 1.165) is 31.6 Å². The molecule has 25 heavy (non-hydrogen) atoms. The van der Waals surface area contributed by atoms with Crippen molar-refractivity contribution in [3.63, 3.8) is 0 Å². The van der Waals surface area contributed by atoms with Crippen molar-refractivity contribution in [2.24, 2.45) is 5.92 Å². The molecule has 1 aromatic carbocycles. The van der Waals surface area contributed by atoms with E-state index in [1.165, 1.54) is 56.9 Å². The molecule has 0 heterocycles. The minimum absolute atomic E-state index is 0.112. The molecule has 1 fully saturated rings. The molecule has 0 N–H and O–H groups in total. The van der Waals surface area contributed by atoms with E-state index in [4.69, 9.17) is 4.74 Å². The predicted molar refractivity (Wildman–Crippen MR) is 105 cm³/mol. The summed E-state index contributed by atoms with van der Waals surface area (Å²) in [4.78, 5) is 12.5. The third-order valence-electron chi connectivity index (χ3n) is 5.49. The fraction of sp³-hybridized carbons (Fsp3) is 0.696. The van der Waals surface area contributed by atoms with Crippen molar-refractivity contribution in [1.29, 1.82) is 0 Å². The van der Waals surface area contributed by atoms with Gasteiger partial charge in [0.15, 0.2) is 0 Å². The monoisotopic (exact) mass is 344 g/mol. The quantitative estimate of drug-likeness (QED) is 0.419. The van der Waals surface area contributed by atoms with Crippen LogP contribution in [0.15, 0.2) is 24.3 Å². The van der Waals surface area contributed by atoms with Gasteiger partial charge in [0.25, 0.3) is 0 Å². The maximum atomic E-state index is 12.5. The second-order valence-corrected chi connectivity index (χ2v) is 7.64. The Kier molecular flexibility index (Phi) is 9.07. The molecule has 2 rings (SSSR count). The molecule has 0 aliphatic heterocycles. The van der Waals surface area contributed by atoms with Gasteiger partial charge in [0.05, 0.1) is 6.61 Å². The van der Waals surface area contributed by atoms with Crippen LogP contribution in [-0.4, -0.2) is 12.4 Å². The number of Topliss-reactive ketones (excluding diaryl/α,β-unsaturated/α-hetero) is 1. The van der Waals surface area contributed by atoms with E-state index in [-0.39, 0.29) is 5.92 Å². The summed E-state index contributed by atoms with van der Waals surface area (Å²) >= 11 is 0. The summed E-state index contributed by atoms with van der Waals surface area (Å²) in [6.07, 6.45) is 13.1. The normalized spacial score (nSPS) is 20.6. The third kappa shape index (κ3) is 6.84. The molecule has 1 aromatic rings. The van der Waals surface area contributed by atoms with Crippen LogP contribution in [0.2, 0.25) is 0 Å². The zero-order valence-corrected chi connectivity index (χ0v) is 16.3. The van der Waals surface area contributed by atoms with Crippen molar-refractivity contribution in [3.05, 3.63) is 29.8 Å². The molecule has 0 spiro atoms. The second-order valence-electron chi connectivity index (χ2n) is 7.64. The van der Waals surface area contributed by atoms with Gasteiger partial charge in [0, 0.05) is 12.3 Å². The van der Waals surface area contributed by atoms with Crippen LogP contribution in [0.25, 0.3) is 0 Å². The number of rotatable bonds is 11. The summed E-state index contributed by atoms with van der Waals surface area (Å²) in [7, 11) is 0.